The van der Waals surface area contributed by atoms with Gasteiger partial charge in [0.05, 0.1) is 23.9 Å². The van der Waals surface area contributed by atoms with Crippen molar-refractivity contribution < 1.29 is 14.7 Å². The lowest BCUT2D eigenvalue weighted by Crippen LogP contribution is -2.31. The van der Waals surface area contributed by atoms with E-state index in [2.05, 4.69) is 4.98 Å². The summed E-state index contributed by atoms with van der Waals surface area (Å²) in [4.78, 5) is 31.3. The molecule has 1 unspecified atom stereocenters. The van der Waals surface area contributed by atoms with Crippen LogP contribution < -0.4 is 0 Å². The molecule has 1 amide bonds. The van der Waals surface area contributed by atoms with Gasteiger partial charge in [0.15, 0.2) is 11.5 Å². The minimum absolute atomic E-state index is 0.114. The Morgan fingerprint density at radius 2 is 1.93 bits per heavy atom. The third-order valence-corrected chi connectivity index (χ3v) is 4.69. The van der Waals surface area contributed by atoms with E-state index in [0.29, 0.717) is 10.7 Å². The van der Waals surface area contributed by atoms with Gasteiger partial charge in [-0.05, 0) is 35.7 Å². The minimum atomic E-state index is -0.664. The second-order valence-corrected chi connectivity index (χ2v) is 7.43. The van der Waals surface area contributed by atoms with Crippen LogP contribution in [0.1, 0.15) is 37.6 Å². The normalized spacial score (nSPS) is 17.1. The van der Waals surface area contributed by atoms with E-state index in [-0.39, 0.29) is 30.2 Å². The molecule has 3 rings (SSSR count). The van der Waals surface area contributed by atoms with E-state index in [9.17, 15) is 14.7 Å². The number of amides is 1. The third-order valence-electron chi connectivity index (χ3n) is 4.44. The molecule has 0 radical (unpaired) electrons. The van der Waals surface area contributed by atoms with E-state index in [4.69, 9.17) is 11.6 Å². The number of rotatable bonds is 6. The zero-order chi connectivity index (χ0) is 19.6. The van der Waals surface area contributed by atoms with Crippen molar-refractivity contribution in [3.63, 3.8) is 0 Å². The second kappa shape index (κ2) is 7.92. The lowest BCUT2D eigenvalue weighted by Gasteiger charge is -2.26. The molecule has 0 bridgehead atoms. The smallest absolute Gasteiger partial charge is 0.290 e. The number of aliphatic hydroxyl groups excluding tert-OH is 1. The third kappa shape index (κ3) is 4.03. The molecular weight excluding hydrogens is 364 g/mol. The average Bonchev–Trinajstić information content (AvgIpc) is 2.88. The van der Waals surface area contributed by atoms with Crippen molar-refractivity contribution in [3.05, 3.63) is 76.3 Å². The Labute approximate surface area is 163 Å². The van der Waals surface area contributed by atoms with Crippen molar-refractivity contribution >= 4 is 23.3 Å². The first-order chi connectivity index (χ1) is 12.9. The first-order valence-corrected chi connectivity index (χ1v) is 9.19. The molecule has 0 saturated heterocycles. The summed E-state index contributed by atoms with van der Waals surface area (Å²) in [5, 5.41) is 11.1. The second-order valence-electron chi connectivity index (χ2n) is 6.99. The van der Waals surface area contributed by atoms with Gasteiger partial charge < -0.3 is 10.0 Å². The summed E-state index contributed by atoms with van der Waals surface area (Å²) in [5.41, 5.74) is 1.54. The zero-order valence-corrected chi connectivity index (χ0v) is 16.0. The molecule has 6 heteroatoms. The predicted octanol–water partition coefficient (Wildman–Crippen LogP) is 4.25. The number of benzene rings is 1. The SMILES string of the molecule is CC(C)CC(=O)C1=C(O)C(=O)N(Cc2ccccn2)C1c1ccc(Cl)cc1. The van der Waals surface area contributed by atoms with E-state index < -0.39 is 17.7 Å². The Kier molecular flexibility index (Phi) is 5.61. The van der Waals surface area contributed by atoms with E-state index in [0.717, 1.165) is 5.56 Å². The van der Waals surface area contributed by atoms with Crippen LogP contribution in [0.2, 0.25) is 5.02 Å². The highest BCUT2D eigenvalue weighted by Gasteiger charge is 2.43. The maximum atomic E-state index is 12.8. The van der Waals surface area contributed by atoms with Crippen molar-refractivity contribution in [2.45, 2.75) is 32.9 Å². The van der Waals surface area contributed by atoms with Gasteiger partial charge in [0, 0.05) is 17.6 Å². The van der Waals surface area contributed by atoms with Crippen molar-refractivity contribution in [1.29, 1.82) is 0 Å². The zero-order valence-electron chi connectivity index (χ0n) is 15.2. The molecule has 2 heterocycles. The van der Waals surface area contributed by atoms with Crippen LogP contribution >= 0.6 is 11.6 Å². The standard InChI is InChI=1S/C21H21ClN2O3/c1-13(2)11-17(25)18-19(14-6-8-15(22)9-7-14)24(21(27)20(18)26)12-16-5-3-4-10-23-16/h3-10,13,19,26H,11-12H2,1-2H3. The number of aliphatic hydroxyl groups is 1. The fourth-order valence-corrected chi connectivity index (χ4v) is 3.37. The number of aromatic nitrogens is 1. The molecule has 0 saturated carbocycles. The number of halogens is 1. The van der Waals surface area contributed by atoms with E-state index >= 15 is 0 Å². The molecule has 140 valence electrons. The number of ketones is 1. The Balaban J connectivity index is 2.03. The van der Waals surface area contributed by atoms with Gasteiger partial charge in [-0.15, -0.1) is 0 Å². The first-order valence-electron chi connectivity index (χ1n) is 8.81. The minimum Gasteiger partial charge on any atom is -0.503 e. The highest BCUT2D eigenvalue weighted by Crippen LogP contribution is 2.39. The van der Waals surface area contributed by atoms with Crippen LogP contribution in [-0.4, -0.2) is 26.7 Å². The van der Waals surface area contributed by atoms with Gasteiger partial charge in [0.25, 0.3) is 5.91 Å². The van der Waals surface area contributed by atoms with Crippen LogP contribution in [0.5, 0.6) is 0 Å². The highest BCUT2D eigenvalue weighted by atomic mass is 35.5. The van der Waals surface area contributed by atoms with Gasteiger partial charge in [-0.3, -0.25) is 14.6 Å². The molecule has 0 fully saturated rings. The van der Waals surface area contributed by atoms with Crippen LogP contribution in [0.3, 0.4) is 0 Å². The van der Waals surface area contributed by atoms with E-state index in [1.807, 2.05) is 19.9 Å². The topological polar surface area (TPSA) is 70.5 Å². The highest BCUT2D eigenvalue weighted by molar-refractivity contribution is 6.30. The Morgan fingerprint density at radius 1 is 1.22 bits per heavy atom. The fraction of sp³-hybridized carbons (Fsp3) is 0.286. The van der Waals surface area contributed by atoms with Crippen molar-refractivity contribution in [1.82, 2.24) is 9.88 Å². The molecule has 1 aromatic carbocycles. The monoisotopic (exact) mass is 384 g/mol. The molecule has 1 N–H and O–H groups in total. The molecule has 1 aliphatic rings. The van der Waals surface area contributed by atoms with Gasteiger partial charge >= 0.3 is 0 Å². The number of nitrogens with zero attached hydrogens (tertiary/aromatic N) is 2. The Morgan fingerprint density at radius 3 is 2.52 bits per heavy atom. The number of Topliss-reactive ketones (excluding diaryl/α,β-unsaturated/α-hetero) is 1. The summed E-state index contributed by atoms with van der Waals surface area (Å²) in [6, 6.07) is 11.7. The summed E-state index contributed by atoms with van der Waals surface area (Å²) < 4.78 is 0. The van der Waals surface area contributed by atoms with Gasteiger partial charge in [-0.2, -0.15) is 0 Å². The molecule has 2 aromatic rings. The molecule has 1 atom stereocenters. The lowest BCUT2D eigenvalue weighted by atomic mass is 9.92. The molecule has 5 nitrogen and oxygen atoms in total. The number of hydrogen-bond acceptors (Lipinski definition) is 4. The lowest BCUT2D eigenvalue weighted by molar-refractivity contribution is -0.130. The summed E-state index contributed by atoms with van der Waals surface area (Å²) >= 11 is 5.99. The van der Waals surface area contributed by atoms with Crippen LogP contribution in [0, 0.1) is 5.92 Å². The average molecular weight is 385 g/mol. The van der Waals surface area contributed by atoms with E-state index in [1.165, 1.54) is 4.90 Å². The number of pyridine rings is 1. The van der Waals surface area contributed by atoms with Crippen LogP contribution in [-0.2, 0) is 16.1 Å². The van der Waals surface area contributed by atoms with E-state index in [1.54, 1.807) is 42.6 Å². The summed E-state index contributed by atoms with van der Waals surface area (Å²) in [6.45, 7) is 4.04. The van der Waals surface area contributed by atoms with Gasteiger partial charge in [0.2, 0.25) is 0 Å². The quantitative estimate of drug-likeness (QED) is 0.808. The molecule has 1 aromatic heterocycles. The summed E-state index contributed by atoms with van der Waals surface area (Å²) in [6.07, 6.45) is 1.90. The summed E-state index contributed by atoms with van der Waals surface area (Å²) in [5.74, 6) is -1.15. The number of hydrogen-bond donors (Lipinski definition) is 1. The maximum absolute atomic E-state index is 12.8. The number of carbonyl (C=O) groups excluding carboxylic acids is 2. The Hall–Kier alpha value is -2.66. The van der Waals surface area contributed by atoms with Crippen molar-refractivity contribution in [2.75, 3.05) is 0 Å². The number of carbonyl (C=O) groups is 2. The maximum Gasteiger partial charge on any atom is 0.290 e. The summed E-state index contributed by atoms with van der Waals surface area (Å²) in [7, 11) is 0. The first kappa shape index (κ1) is 19.1. The van der Waals surface area contributed by atoms with Crippen molar-refractivity contribution in [2.24, 2.45) is 5.92 Å². The van der Waals surface area contributed by atoms with Gasteiger partial charge in [-0.1, -0.05) is 43.6 Å². The molecular formula is C21H21ClN2O3. The largest absolute Gasteiger partial charge is 0.503 e. The molecule has 1 aliphatic heterocycles. The fourth-order valence-electron chi connectivity index (χ4n) is 3.24. The van der Waals surface area contributed by atoms with Crippen molar-refractivity contribution in [3.8, 4) is 0 Å². The van der Waals surface area contributed by atoms with Crippen LogP contribution in [0.15, 0.2) is 60.0 Å². The Bertz CT molecular complexity index is 876. The van der Waals surface area contributed by atoms with Crippen LogP contribution in [0.25, 0.3) is 0 Å². The molecule has 27 heavy (non-hydrogen) atoms. The van der Waals surface area contributed by atoms with Gasteiger partial charge in [0.1, 0.15) is 0 Å². The molecule has 0 aliphatic carbocycles. The van der Waals surface area contributed by atoms with Gasteiger partial charge in [-0.25, -0.2) is 0 Å². The van der Waals surface area contributed by atoms with Crippen LogP contribution in [0.4, 0.5) is 0 Å². The predicted molar refractivity (Wildman–Crippen MR) is 103 cm³/mol. The molecule has 0 spiro atoms.